The van der Waals surface area contributed by atoms with E-state index in [1.54, 1.807) is 0 Å². The molecule has 0 saturated heterocycles. The fourth-order valence-electron chi connectivity index (χ4n) is 1.94. The summed E-state index contributed by atoms with van der Waals surface area (Å²) in [6.07, 6.45) is -0.292. The van der Waals surface area contributed by atoms with Gasteiger partial charge in [0.15, 0.2) is 0 Å². The molecule has 0 fully saturated rings. The van der Waals surface area contributed by atoms with Crippen LogP contribution in [0.4, 0.5) is 5.69 Å². The zero-order chi connectivity index (χ0) is 15.3. The summed E-state index contributed by atoms with van der Waals surface area (Å²) in [6.45, 7) is 1.44. The quantitative estimate of drug-likeness (QED) is 0.585. The minimum absolute atomic E-state index is 0.0187. The lowest BCUT2D eigenvalue weighted by molar-refractivity contribution is -0.386. The molecule has 0 bridgehead atoms. The van der Waals surface area contributed by atoms with Crippen molar-refractivity contribution < 1.29 is 24.7 Å². The first-order valence-corrected chi connectivity index (χ1v) is 6.11. The summed E-state index contributed by atoms with van der Waals surface area (Å²) in [5.41, 5.74) is 0.546. The SMILES string of the molecule is COc1cc(C(C)O)c([N+](=O)[O-])cc1CCCC(=O)O. The molecular weight excluding hydrogens is 266 g/mol. The average molecular weight is 283 g/mol. The number of hydrogen-bond donors (Lipinski definition) is 2. The van der Waals surface area contributed by atoms with Gasteiger partial charge in [-0.15, -0.1) is 0 Å². The molecule has 1 atom stereocenters. The van der Waals surface area contributed by atoms with Gasteiger partial charge in [0.05, 0.1) is 23.7 Å². The van der Waals surface area contributed by atoms with E-state index in [0.717, 1.165) is 0 Å². The zero-order valence-electron chi connectivity index (χ0n) is 11.3. The molecule has 0 aliphatic rings. The molecule has 7 heteroatoms. The number of carboxylic acids is 1. The molecule has 1 aromatic carbocycles. The Morgan fingerprint density at radius 3 is 2.60 bits per heavy atom. The van der Waals surface area contributed by atoms with Gasteiger partial charge in [-0.05, 0) is 25.8 Å². The van der Waals surface area contributed by atoms with Gasteiger partial charge >= 0.3 is 5.97 Å². The molecule has 7 nitrogen and oxygen atoms in total. The zero-order valence-corrected chi connectivity index (χ0v) is 11.3. The van der Waals surface area contributed by atoms with E-state index < -0.39 is 17.0 Å². The molecule has 20 heavy (non-hydrogen) atoms. The summed E-state index contributed by atoms with van der Waals surface area (Å²) >= 11 is 0. The Hall–Kier alpha value is -2.15. The highest BCUT2D eigenvalue weighted by Gasteiger charge is 2.21. The normalized spacial score (nSPS) is 11.9. The third-order valence-corrected chi connectivity index (χ3v) is 2.91. The van der Waals surface area contributed by atoms with E-state index in [1.807, 2.05) is 0 Å². The first-order valence-electron chi connectivity index (χ1n) is 6.11. The number of ether oxygens (including phenoxy) is 1. The lowest BCUT2D eigenvalue weighted by Gasteiger charge is -2.12. The summed E-state index contributed by atoms with van der Waals surface area (Å²) in [5.74, 6) is -0.504. The number of nitro benzene ring substituents is 1. The van der Waals surface area contributed by atoms with Crippen LogP contribution in [0.1, 0.15) is 37.0 Å². The van der Waals surface area contributed by atoms with Gasteiger partial charge in [0.2, 0.25) is 0 Å². The number of aryl methyl sites for hydroxylation is 1. The highest BCUT2D eigenvalue weighted by Crippen LogP contribution is 2.33. The van der Waals surface area contributed by atoms with E-state index in [1.165, 1.54) is 26.2 Å². The van der Waals surface area contributed by atoms with Gasteiger partial charge in [-0.2, -0.15) is 0 Å². The van der Waals surface area contributed by atoms with E-state index >= 15 is 0 Å². The van der Waals surface area contributed by atoms with Crippen LogP contribution in [0.15, 0.2) is 12.1 Å². The average Bonchev–Trinajstić information content (AvgIpc) is 2.37. The summed E-state index contributed by atoms with van der Waals surface area (Å²) < 4.78 is 5.15. The Bertz CT molecular complexity index is 512. The molecule has 0 amide bonds. The molecule has 1 rings (SSSR count). The smallest absolute Gasteiger partial charge is 0.303 e. The van der Waals surface area contributed by atoms with Crippen molar-refractivity contribution in [2.45, 2.75) is 32.3 Å². The minimum atomic E-state index is -0.989. The fourth-order valence-corrected chi connectivity index (χ4v) is 1.94. The van der Waals surface area contributed by atoms with Crippen molar-refractivity contribution in [2.75, 3.05) is 7.11 Å². The van der Waals surface area contributed by atoms with Crippen LogP contribution in [0, 0.1) is 10.1 Å². The van der Waals surface area contributed by atoms with E-state index in [-0.39, 0.29) is 17.7 Å². The lowest BCUT2D eigenvalue weighted by atomic mass is 10.0. The van der Waals surface area contributed by atoms with E-state index in [0.29, 0.717) is 24.2 Å². The molecular formula is C13H17NO6. The van der Waals surface area contributed by atoms with E-state index in [4.69, 9.17) is 9.84 Å². The second-order valence-corrected chi connectivity index (χ2v) is 4.40. The fraction of sp³-hybridized carbons (Fsp3) is 0.462. The lowest BCUT2D eigenvalue weighted by Crippen LogP contribution is -2.04. The topological polar surface area (TPSA) is 110 Å². The minimum Gasteiger partial charge on any atom is -0.496 e. The Labute approximate surface area is 116 Å². The van der Waals surface area contributed by atoms with Crippen LogP contribution < -0.4 is 4.74 Å². The van der Waals surface area contributed by atoms with Crippen LogP contribution in [-0.2, 0) is 11.2 Å². The van der Waals surface area contributed by atoms with Crippen molar-refractivity contribution >= 4 is 11.7 Å². The van der Waals surface area contributed by atoms with E-state index in [9.17, 15) is 20.0 Å². The molecule has 0 aliphatic heterocycles. The van der Waals surface area contributed by atoms with Gasteiger partial charge in [0.1, 0.15) is 5.75 Å². The number of methoxy groups -OCH3 is 1. The molecule has 0 saturated carbocycles. The number of aliphatic carboxylic acids is 1. The number of rotatable bonds is 7. The van der Waals surface area contributed by atoms with Crippen molar-refractivity contribution in [3.05, 3.63) is 33.4 Å². The Balaban J connectivity index is 3.13. The summed E-state index contributed by atoms with van der Waals surface area (Å²) in [5, 5.41) is 29.2. The van der Waals surface area contributed by atoms with Gasteiger partial charge < -0.3 is 14.9 Å². The molecule has 110 valence electrons. The third kappa shape index (κ3) is 3.92. The molecule has 2 N–H and O–H groups in total. The summed E-state index contributed by atoms with van der Waals surface area (Å²) in [7, 11) is 1.42. The van der Waals surface area contributed by atoms with Gasteiger partial charge in [-0.3, -0.25) is 14.9 Å². The Morgan fingerprint density at radius 2 is 2.15 bits per heavy atom. The number of aliphatic hydroxyl groups is 1. The van der Waals surface area contributed by atoms with Crippen molar-refractivity contribution in [1.82, 2.24) is 0 Å². The molecule has 0 aliphatic carbocycles. The van der Waals surface area contributed by atoms with Crippen LogP contribution in [-0.4, -0.2) is 28.2 Å². The first-order chi connectivity index (χ1) is 9.36. The van der Waals surface area contributed by atoms with Crippen LogP contribution in [0.3, 0.4) is 0 Å². The Kier molecular flexibility index (Phi) is 5.45. The number of carboxylic acid groups (broad SMARTS) is 1. The van der Waals surface area contributed by atoms with Crippen molar-refractivity contribution in [3.63, 3.8) is 0 Å². The standard InChI is InChI=1S/C13H17NO6/c1-8(15)10-7-12(20-2)9(4-3-5-13(16)17)6-11(10)14(18)19/h6-8,15H,3-5H2,1-2H3,(H,16,17). The molecule has 0 spiro atoms. The van der Waals surface area contributed by atoms with Gasteiger partial charge in [-0.1, -0.05) is 0 Å². The van der Waals surface area contributed by atoms with Crippen LogP contribution in [0.2, 0.25) is 0 Å². The maximum absolute atomic E-state index is 11.0. The van der Waals surface area contributed by atoms with Gasteiger partial charge in [-0.25, -0.2) is 0 Å². The largest absolute Gasteiger partial charge is 0.496 e. The predicted molar refractivity (Wildman–Crippen MR) is 70.9 cm³/mol. The predicted octanol–water partition coefficient (Wildman–Crippen LogP) is 2.06. The van der Waals surface area contributed by atoms with Crippen LogP contribution in [0.5, 0.6) is 5.75 Å². The van der Waals surface area contributed by atoms with E-state index in [2.05, 4.69) is 0 Å². The summed E-state index contributed by atoms with van der Waals surface area (Å²) in [6, 6.07) is 2.77. The van der Waals surface area contributed by atoms with Crippen LogP contribution >= 0.6 is 0 Å². The number of nitro groups is 1. The maximum Gasteiger partial charge on any atom is 0.303 e. The molecule has 0 aromatic heterocycles. The maximum atomic E-state index is 11.0. The third-order valence-electron chi connectivity index (χ3n) is 2.91. The number of aliphatic hydroxyl groups excluding tert-OH is 1. The molecule has 0 heterocycles. The number of hydrogen-bond acceptors (Lipinski definition) is 5. The summed E-state index contributed by atoms with van der Waals surface area (Å²) in [4.78, 5) is 20.9. The monoisotopic (exact) mass is 283 g/mol. The van der Waals surface area contributed by atoms with Crippen molar-refractivity contribution in [3.8, 4) is 5.75 Å². The first kappa shape index (κ1) is 15.9. The van der Waals surface area contributed by atoms with Crippen molar-refractivity contribution in [2.24, 2.45) is 0 Å². The second kappa shape index (κ2) is 6.85. The van der Waals surface area contributed by atoms with Gasteiger partial charge in [0.25, 0.3) is 5.69 Å². The number of carbonyl (C=O) groups is 1. The highest BCUT2D eigenvalue weighted by atomic mass is 16.6. The second-order valence-electron chi connectivity index (χ2n) is 4.40. The Morgan fingerprint density at radius 1 is 1.50 bits per heavy atom. The number of benzene rings is 1. The van der Waals surface area contributed by atoms with Crippen molar-refractivity contribution in [1.29, 1.82) is 0 Å². The molecule has 1 aromatic rings. The van der Waals surface area contributed by atoms with Crippen LogP contribution in [0.25, 0.3) is 0 Å². The van der Waals surface area contributed by atoms with Gasteiger partial charge in [0, 0.05) is 18.1 Å². The highest BCUT2D eigenvalue weighted by molar-refractivity contribution is 5.66. The molecule has 0 radical (unpaired) electrons. The molecule has 1 unspecified atom stereocenters. The number of nitrogens with zero attached hydrogens (tertiary/aromatic N) is 1.